The molecule has 0 aliphatic carbocycles. The second-order valence-electron chi connectivity index (χ2n) is 2.08. The molecule has 0 fully saturated rings. The summed E-state index contributed by atoms with van der Waals surface area (Å²) in [6.07, 6.45) is 2.33. The van der Waals surface area contributed by atoms with Gasteiger partial charge in [0.1, 0.15) is 0 Å². The maximum atomic E-state index is 8.47. The van der Waals surface area contributed by atoms with E-state index >= 15 is 0 Å². The van der Waals surface area contributed by atoms with Crippen LogP contribution in [0.4, 0.5) is 0 Å². The molecule has 7 heavy (non-hydrogen) atoms. The highest BCUT2D eigenvalue weighted by Crippen LogP contribution is 2.00. The Hall–Kier alpha value is -0.0400. The molecule has 0 aromatic rings. The molecule has 0 aromatic heterocycles. The van der Waals surface area contributed by atoms with Crippen LogP contribution in [-0.4, -0.2) is 6.54 Å². The third kappa shape index (κ3) is 3.80. The predicted molar refractivity (Wildman–Crippen MR) is 31.1 cm³/mol. The summed E-state index contributed by atoms with van der Waals surface area (Å²) >= 11 is 0. The van der Waals surface area contributed by atoms with Crippen molar-refractivity contribution in [1.82, 2.24) is 5.73 Å². The zero-order valence-corrected chi connectivity index (χ0v) is 5.15. The van der Waals surface area contributed by atoms with Crippen LogP contribution in [0.3, 0.4) is 0 Å². The fourth-order valence-corrected chi connectivity index (χ4v) is 0.584. The van der Waals surface area contributed by atoms with Crippen LogP contribution < -0.4 is 5.73 Å². The van der Waals surface area contributed by atoms with Gasteiger partial charge in [-0.25, -0.2) is 0 Å². The van der Waals surface area contributed by atoms with Gasteiger partial charge in [0.2, 0.25) is 0 Å². The van der Waals surface area contributed by atoms with Gasteiger partial charge in [-0.1, -0.05) is 20.3 Å². The van der Waals surface area contributed by atoms with E-state index in [-0.39, 0.29) is 0 Å². The van der Waals surface area contributed by atoms with Crippen LogP contribution >= 0.6 is 0 Å². The summed E-state index contributed by atoms with van der Waals surface area (Å²) in [7, 11) is 0. The van der Waals surface area contributed by atoms with Gasteiger partial charge in [-0.2, -0.15) is 0 Å². The topological polar surface area (TPSA) is 22.3 Å². The van der Waals surface area contributed by atoms with Gasteiger partial charge in [-0.05, 0) is 12.3 Å². The lowest BCUT2D eigenvalue weighted by atomic mass is 10.1. The quantitative estimate of drug-likeness (QED) is 0.511. The predicted octanol–water partition coefficient (Wildman–Crippen LogP) is 1.49. The third-order valence-electron chi connectivity index (χ3n) is 1.09. The summed E-state index contributed by atoms with van der Waals surface area (Å²) in [5.74, 6) is 0.505. The molecule has 1 nitrogen and oxygen atoms in total. The summed E-state index contributed by atoms with van der Waals surface area (Å²) in [6.45, 7) is 4.53. The molecule has 1 atom stereocenters. The van der Waals surface area contributed by atoms with Crippen LogP contribution in [0, 0.1) is 5.92 Å². The molecule has 0 N–H and O–H groups in total. The molecule has 0 amide bonds. The van der Waals surface area contributed by atoms with Gasteiger partial charge in [0.05, 0.1) is 0 Å². The summed E-state index contributed by atoms with van der Waals surface area (Å²) in [5, 5.41) is 0. The van der Waals surface area contributed by atoms with Gasteiger partial charge in [0.25, 0.3) is 0 Å². The lowest BCUT2D eigenvalue weighted by molar-refractivity contribution is 0.530. The molecule has 0 saturated carbocycles. The van der Waals surface area contributed by atoms with E-state index in [0.717, 1.165) is 6.42 Å². The molecule has 0 heterocycles. The van der Waals surface area contributed by atoms with Crippen molar-refractivity contribution in [3.8, 4) is 0 Å². The van der Waals surface area contributed by atoms with Crippen molar-refractivity contribution in [2.45, 2.75) is 26.7 Å². The smallest absolute Gasteiger partial charge is 0.0347 e. The Morgan fingerprint density at radius 2 is 2.14 bits per heavy atom. The number of nitrogens with zero attached hydrogens (tertiary/aromatic N) is 1. The van der Waals surface area contributed by atoms with E-state index in [1.54, 1.807) is 0 Å². The van der Waals surface area contributed by atoms with Crippen molar-refractivity contribution in [3.63, 3.8) is 0 Å². The number of hydrogen-bond acceptors (Lipinski definition) is 0. The highest BCUT2D eigenvalue weighted by atomic mass is 14.5. The van der Waals surface area contributed by atoms with Crippen LogP contribution in [-0.2, 0) is 0 Å². The number of hydrogen-bond donors (Lipinski definition) is 0. The van der Waals surface area contributed by atoms with Crippen molar-refractivity contribution in [1.29, 1.82) is 0 Å². The maximum Gasteiger partial charge on any atom is 0.0347 e. The molecule has 0 rings (SSSR count). The highest BCUT2D eigenvalue weighted by molar-refractivity contribution is 4.48. The maximum absolute atomic E-state index is 8.47. The van der Waals surface area contributed by atoms with Crippen molar-refractivity contribution in [3.05, 3.63) is 0 Å². The lowest BCUT2D eigenvalue weighted by Crippen LogP contribution is -2.00. The van der Waals surface area contributed by atoms with E-state index in [1.807, 2.05) is 0 Å². The van der Waals surface area contributed by atoms with E-state index < -0.39 is 0 Å². The fraction of sp³-hybridized carbons (Fsp3) is 1.00. The molecule has 0 aliphatic heterocycles. The third-order valence-corrected chi connectivity index (χ3v) is 1.09. The van der Waals surface area contributed by atoms with E-state index in [0.29, 0.717) is 12.5 Å². The molecular weight excluding hydrogens is 86.1 g/mol. The summed E-state index contributed by atoms with van der Waals surface area (Å²) in [4.78, 5) is 0. The van der Waals surface area contributed by atoms with Crippen LogP contribution in [0.5, 0.6) is 0 Å². The second kappa shape index (κ2) is 4.13. The van der Waals surface area contributed by atoms with Crippen LogP contribution in [0.1, 0.15) is 26.7 Å². The second-order valence-corrected chi connectivity index (χ2v) is 2.08. The lowest BCUT2D eigenvalue weighted by Gasteiger charge is -2.00. The SMILES string of the molecule is CCCC(C)C[N]. The molecule has 1 heteroatoms. The largest absolute Gasteiger partial charge is 0.145 e. The molecule has 0 saturated heterocycles. The van der Waals surface area contributed by atoms with E-state index in [9.17, 15) is 0 Å². The summed E-state index contributed by atoms with van der Waals surface area (Å²) in [5.41, 5.74) is 8.47. The summed E-state index contributed by atoms with van der Waals surface area (Å²) in [6, 6.07) is 0. The molecular formula is C6H13N. The van der Waals surface area contributed by atoms with Gasteiger partial charge in [0, 0.05) is 6.54 Å². The average molecular weight is 99.2 g/mol. The molecule has 0 aliphatic rings. The van der Waals surface area contributed by atoms with Gasteiger partial charge in [-0.3, -0.25) is 0 Å². The van der Waals surface area contributed by atoms with Crippen LogP contribution in [0.25, 0.3) is 0 Å². The van der Waals surface area contributed by atoms with Gasteiger partial charge in [-0.15, -0.1) is 5.73 Å². The minimum atomic E-state index is 0.341. The van der Waals surface area contributed by atoms with Gasteiger partial charge >= 0.3 is 0 Å². The number of rotatable bonds is 3. The van der Waals surface area contributed by atoms with E-state index in [4.69, 9.17) is 5.73 Å². The van der Waals surface area contributed by atoms with E-state index in [2.05, 4.69) is 13.8 Å². The zero-order chi connectivity index (χ0) is 5.70. The molecule has 0 bridgehead atoms. The minimum Gasteiger partial charge on any atom is -0.145 e. The molecule has 0 spiro atoms. The Balaban J connectivity index is 2.83. The average Bonchev–Trinajstić information content (AvgIpc) is 1.68. The van der Waals surface area contributed by atoms with Crippen molar-refractivity contribution in [2.75, 3.05) is 6.54 Å². The normalized spacial score (nSPS) is 14.1. The van der Waals surface area contributed by atoms with Crippen LogP contribution in [0.2, 0.25) is 0 Å². The molecule has 0 aromatic carbocycles. The first-order valence-corrected chi connectivity index (χ1v) is 2.92. The first-order valence-electron chi connectivity index (χ1n) is 2.92. The van der Waals surface area contributed by atoms with Crippen molar-refractivity contribution >= 4 is 0 Å². The zero-order valence-electron chi connectivity index (χ0n) is 5.15. The Morgan fingerprint density at radius 1 is 1.57 bits per heavy atom. The monoisotopic (exact) mass is 99.1 g/mol. The van der Waals surface area contributed by atoms with Crippen molar-refractivity contribution < 1.29 is 0 Å². The van der Waals surface area contributed by atoms with Crippen LogP contribution in [0.15, 0.2) is 0 Å². The Morgan fingerprint density at radius 3 is 2.29 bits per heavy atom. The van der Waals surface area contributed by atoms with Gasteiger partial charge in [0.15, 0.2) is 0 Å². The molecule has 1 unspecified atom stereocenters. The first kappa shape index (κ1) is 6.96. The van der Waals surface area contributed by atoms with Crippen molar-refractivity contribution in [2.24, 2.45) is 5.92 Å². The first-order chi connectivity index (χ1) is 3.31. The highest BCUT2D eigenvalue weighted by Gasteiger charge is 1.94. The Labute approximate surface area is 45.9 Å². The van der Waals surface area contributed by atoms with E-state index in [1.165, 1.54) is 6.42 Å². The fourth-order valence-electron chi connectivity index (χ4n) is 0.584. The molecule has 2 radical (unpaired) electrons. The summed E-state index contributed by atoms with van der Waals surface area (Å²) < 4.78 is 0. The minimum absolute atomic E-state index is 0.341. The Bertz CT molecular complexity index is 35.2. The van der Waals surface area contributed by atoms with Gasteiger partial charge < -0.3 is 0 Å². The standard InChI is InChI=1S/C6H13N/c1-3-4-6(2)5-7/h6H,3-5H2,1-2H3. The Kier molecular flexibility index (Phi) is 4.10. The molecule has 42 valence electrons.